The van der Waals surface area contributed by atoms with Gasteiger partial charge in [0, 0.05) is 5.56 Å². The molecular weight excluding hydrogens is 368 g/mol. The Bertz CT molecular complexity index is 546. The highest BCUT2D eigenvalue weighted by molar-refractivity contribution is 5.42. The van der Waals surface area contributed by atoms with Crippen molar-refractivity contribution in [3.63, 3.8) is 0 Å². The maximum atomic E-state index is 6.13. The highest BCUT2D eigenvalue weighted by atomic mass is 16.5. The van der Waals surface area contributed by atoms with E-state index in [9.17, 15) is 0 Å². The molecule has 0 bridgehead atoms. The summed E-state index contributed by atoms with van der Waals surface area (Å²) in [6.07, 6.45) is 19.9. The maximum absolute atomic E-state index is 6.13. The van der Waals surface area contributed by atoms with Gasteiger partial charge in [0.25, 0.3) is 0 Å². The first-order valence-electron chi connectivity index (χ1n) is 13.2. The van der Waals surface area contributed by atoms with Gasteiger partial charge in [0.2, 0.25) is 0 Å². The third kappa shape index (κ3) is 9.31. The monoisotopic (exact) mass is 416 g/mol. The SMILES string of the molecule is CCCCCCCC1CCC(c2cc(OCCCCCC)ccc2OCCC)CC1. The highest BCUT2D eigenvalue weighted by Gasteiger charge is 2.25. The lowest BCUT2D eigenvalue weighted by molar-refractivity contribution is 0.279. The molecule has 0 N–H and O–H groups in total. The minimum Gasteiger partial charge on any atom is -0.494 e. The topological polar surface area (TPSA) is 18.5 Å². The second kappa shape index (κ2) is 15.6. The Labute approximate surface area is 187 Å². The minimum atomic E-state index is 0.636. The Hall–Kier alpha value is -1.18. The maximum Gasteiger partial charge on any atom is 0.123 e. The summed E-state index contributed by atoms with van der Waals surface area (Å²) >= 11 is 0. The number of rotatable bonds is 16. The van der Waals surface area contributed by atoms with Crippen molar-refractivity contribution in [2.24, 2.45) is 5.92 Å². The lowest BCUT2D eigenvalue weighted by atomic mass is 9.76. The van der Waals surface area contributed by atoms with Crippen LogP contribution in [0.25, 0.3) is 0 Å². The van der Waals surface area contributed by atoms with Crippen LogP contribution in [0.2, 0.25) is 0 Å². The van der Waals surface area contributed by atoms with Crippen LogP contribution in [0.5, 0.6) is 11.5 Å². The van der Waals surface area contributed by atoms with Gasteiger partial charge in [-0.3, -0.25) is 0 Å². The summed E-state index contributed by atoms with van der Waals surface area (Å²) in [7, 11) is 0. The smallest absolute Gasteiger partial charge is 0.123 e. The Morgan fingerprint density at radius 1 is 0.700 bits per heavy atom. The molecule has 1 aliphatic carbocycles. The van der Waals surface area contributed by atoms with Gasteiger partial charge >= 0.3 is 0 Å². The summed E-state index contributed by atoms with van der Waals surface area (Å²) in [5, 5.41) is 0. The average molecular weight is 417 g/mol. The first-order chi connectivity index (χ1) is 14.8. The van der Waals surface area contributed by atoms with Gasteiger partial charge in [0.05, 0.1) is 13.2 Å². The second-order valence-electron chi connectivity index (χ2n) is 9.38. The van der Waals surface area contributed by atoms with E-state index >= 15 is 0 Å². The van der Waals surface area contributed by atoms with Crippen LogP contribution < -0.4 is 9.47 Å². The second-order valence-corrected chi connectivity index (χ2v) is 9.38. The molecule has 1 aromatic rings. The summed E-state index contributed by atoms with van der Waals surface area (Å²) in [5.41, 5.74) is 1.40. The van der Waals surface area contributed by atoms with Crippen LogP contribution in [0.1, 0.15) is 129 Å². The molecule has 1 fully saturated rings. The molecule has 2 heteroatoms. The molecule has 2 nitrogen and oxygen atoms in total. The van der Waals surface area contributed by atoms with Gasteiger partial charge in [-0.15, -0.1) is 0 Å². The van der Waals surface area contributed by atoms with E-state index < -0.39 is 0 Å². The van der Waals surface area contributed by atoms with E-state index in [2.05, 4.69) is 39.0 Å². The molecule has 0 spiro atoms. The molecule has 0 saturated heterocycles. The van der Waals surface area contributed by atoms with Crippen molar-refractivity contribution < 1.29 is 9.47 Å². The standard InChI is InChI=1S/C28H48O2/c1-4-7-9-11-12-14-24-15-17-25(18-16-24)27-23-26(29-22-13-10-8-5-2)19-20-28(27)30-21-6-3/h19-20,23-25H,4-18,21-22H2,1-3H3. The Balaban J connectivity index is 1.87. The number of hydrogen-bond acceptors (Lipinski definition) is 2. The van der Waals surface area contributed by atoms with E-state index in [0.717, 1.165) is 43.5 Å². The quantitative estimate of drug-likeness (QED) is 0.250. The first-order valence-corrected chi connectivity index (χ1v) is 13.2. The molecule has 0 amide bonds. The summed E-state index contributed by atoms with van der Waals surface area (Å²) in [6.45, 7) is 8.37. The van der Waals surface area contributed by atoms with Crippen molar-refractivity contribution in [1.29, 1.82) is 0 Å². The van der Waals surface area contributed by atoms with Crippen LogP contribution in [0, 0.1) is 5.92 Å². The Kier molecular flexibility index (Phi) is 13.0. The van der Waals surface area contributed by atoms with Gasteiger partial charge in [-0.2, -0.15) is 0 Å². The molecule has 172 valence electrons. The summed E-state index contributed by atoms with van der Waals surface area (Å²) in [6, 6.07) is 6.56. The normalized spacial score (nSPS) is 19.0. The lowest BCUT2D eigenvalue weighted by Gasteiger charge is -2.30. The lowest BCUT2D eigenvalue weighted by Crippen LogP contribution is -2.14. The van der Waals surface area contributed by atoms with Gasteiger partial charge in [-0.1, -0.05) is 78.6 Å². The zero-order valence-corrected chi connectivity index (χ0v) is 20.2. The highest BCUT2D eigenvalue weighted by Crippen LogP contribution is 2.42. The van der Waals surface area contributed by atoms with E-state index in [1.165, 1.54) is 89.0 Å². The predicted molar refractivity (Wildman–Crippen MR) is 130 cm³/mol. The molecule has 0 atom stereocenters. The van der Waals surface area contributed by atoms with Crippen molar-refractivity contribution in [3.8, 4) is 11.5 Å². The zero-order chi connectivity index (χ0) is 21.4. The number of ether oxygens (including phenoxy) is 2. The predicted octanol–water partition coefficient (Wildman–Crippen LogP) is 9.07. The van der Waals surface area contributed by atoms with E-state index in [-0.39, 0.29) is 0 Å². The summed E-state index contributed by atoms with van der Waals surface area (Å²) < 4.78 is 12.2. The molecule has 1 aliphatic rings. The van der Waals surface area contributed by atoms with Crippen LogP contribution in [0.4, 0.5) is 0 Å². The fraction of sp³-hybridized carbons (Fsp3) is 0.786. The average Bonchev–Trinajstić information content (AvgIpc) is 2.78. The largest absolute Gasteiger partial charge is 0.494 e. The van der Waals surface area contributed by atoms with Crippen molar-refractivity contribution in [2.75, 3.05) is 13.2 Å². The van der Waals surface area contributed by atoms with E-state index in [1.54, 1.807) is 0 Å². The van der Waals surface area contributed by atoms with Crippen molar-refractivity contribution in [3.05, 3.63) is 23.8 Å². The Morgan fingerprint density at radius 3 is 2.10 bits per heavy atom. The van der Waals surface area contributed by atoms with Gasteiger partial charge in [-0.05, 0) is 68.6 Å². The zero-order valence-electron chi connectivity index (χ0n) is 20.2. The molecule has 30 heavy (non-hydrogen) atoms. The van der Waals surface area contributed by atoms with Crippen LogP contribution in [-0.4, -0.2) is 13.2 Å². The van der Waals surface area contributed by atoms with Crippen molar-refractivity contribution in [2.45, 2.75) is 123 Å². The van der Waals surface area contributed by atoms with Gasteiger partial charge in [0.15, 0.2) is 0 Å². The van der Waals surface area contributed by atoms with Crippen LogP contribution in [-0.2, 0) is 0 Å². The van der Waals surface area contributed by atoms with Crippen LogP contribution in [0.15, 0.2) is 18.2 Å². The Morgan fingerprint density at radius 2 is 1.40 bits per heavy atom. The van der Waals surface area contributed by atoms with Gasteiger partial charge in [0.1, 0.15) is 11.5 Å². The molecule has 0 aliphatic heterocycles. The molecule has 0 unspecified atom stereocenters. The third-order valence-corrected chi connectivity index (χ3v) is 6.71. The fourth-order valence-electron chi connectivity index (χ4n) is 4.80. The third-order valence-electron chi connectivity index (χ3n) is 6.71. The van der Waals surface area contributed by atoms with Crippen molar-refractivity contribution >= 4 is 0 Å². The first kappa shape index (κ1) is 25.1. The van der Waals surface area contributed by atoms with Crippen LogP contribution >= 0.6 is 0 Å². The molecule has 0 radical (unpaired) electrons. The van der Waals surface area contributed by atoms with Gasteiger partial charge < -0.3 is 9.47 Å². The summed E-state index contributed by atoms with van der Waals surface area (Å²) in [5.74, 6) is 3.71. The van der Waals surface area contributed by atoms with E-state index in [1.807, 2.05) is 0 Å². The van der Waals surface area contributed by atoms with Gasteiger partial charge in [-0.25, -0.2) is 0 Å². The molecule has 2 rings (SSSR count). The van der Waals surface area contributed by atoms with Crippen molar-refractivity contribution in [1.82, 2.24) is 0 Å². The molecule has 0 aromatic heterocycles. The minimum absolute atomic E-state index is 0.636. The van der Waals surface area contributed by atoms with E-state index in [0.29, 0.717) is 5.92 Å². The fourth-order valence-corrected chi connectivity index (χ4v) is 4.80. The number of hydrogen-bond donors (Lipinski definition) is 0. The number of benzene rings is 1. The molecule has 1 saturated carbocycles. The molecular formula is C28H48O2. The molecule has 0 heterocycles. The number of unbranched alkanes of at least 4 members (excludes halogenated alkanes) is 7. The van der Waals surface area contributed by atoms with Crippen LogP contribution in [0.3, 0.4) is 0 Å². The van der Waals surface area contributed by atoms with E-state index in [4.69, 9.17) is 9.47 Å². The molecule has 1 aromatic carbocycles. The summed E-state index contributed by atoms with van der Waals surface area (Å²) in [4.78, 5) is 0.